The highest BCUT2D eigenvalue weighted by Crippen LogP contribution is 2.28. The predicted octanol–water partition coefficient (Wildman–Crippen LogP) is 2.24. The summed E-state index contributed by atoms with van der Waals surface area (Å²) >= 11 is 0. The van der Waals surface area contributed by atoms with Gasteiger partial charge in [0.05, 0.1) is 23.8 Å². The van der Waals surface area contributed by atoms with Crippen molar-refractivity contribution in [2.24, 2.45) is 0 Å². The van der Waals surface area contributed by atoms with Gasteiger partial charge < -0.3 is 15.2 Å². The summed E-state index contributed by atoms with van der Waals surface area (Å²) in [4.78, 5) is 15.4. The van der Waals surface area contributed by atoms with Crippen molar-refractivity contribution in [1.82, 2.24) is 0 Å². The van der Waals surface area contributed by atoms with E-state index in [0.29, 0.717) is 24.4 Å². The van der Waals surface area contributed by atoms with E-state index in [4.69, 9.17) is 4.74 Å². The number of hydrogen-bond acceptors (Lipinski definition) is 4. The van der Waals surface area contributed by atoms with Gasteiger partial charge in [-0.15, -0.1) is 0 Å². The fraction of sp³-hybridized carbons (Fsp3) is 0.412. The molecule has 1 aromatic carbocycles. The van der Waals surface area contributed by atoms with Crippen molar-refractivity contribution < 1.29 is 19.6 Å². The third-order valence-corrected chi connectivity index (χ3v) is 3.70. The first-order chi connectivity index (χ1) is 10.5. The van der Waals surface area contributed by atoms with Crippen molar-refractivity contribution in [1.29, 1.82) is 0 Å². The molecule has 0 aliphatic rings. The Hall–Kier alpha value is -2.14. The molecule has 0 spiro atoms. The number of fused-ring (bicyclic) bond motifs is 1. The Kier molecular flexibility index (Phi) is 4.98. The van der Waals surface area contributed by atoms with Crippen LogP contribution in [-0.2, 0) is 4.74 Å². The highest BCUT2D eigenvalue weighted by Gasteiger charge is 2.21. The zero-order valence-corrected chi connectivity index (χ0v) is 13.5. The third kappa shape index (κ3) is 3.20. The minimum Gasteiger partial charge on any atom is -0.462 e. The summed E-state index contributed by atoms with van der Waals surface area (Å²) in [5, 5.41) is 13.6. The average molecular weight is 303 g/mol. The van der Waals surface area contributed by atoms with Crippen LogP contribution in [0.5, 0.6) is 0 Å². The first-order valence-electron chi connectivity index (χ1n) is 7.49. The van der Waals surface area contributed by atoms with E-state index in [2.05, 4.69) is 10.3 Å². The number of aromatic nitrogens is 1. The molecule has 3 N–H and O–H groups in total. The Labute approximate surface area is 130 Å². The fourth-order valence-corrected chi connectivity index (χ4v) is 2.38. The number of rotatable bonds is 5. The topological polar surface area (TPSA) is 72.7 Å². The summed E-state index contributed by atoms with van der Waals surface area (Å²) in [5.74, 6) is -0.382. The monoisotopic (exact) mass is 303 g/mol. The third-order valence-electron chi connectivity index (χ3n) is 3.70. The van der Waals surface area contributed by atoms with Gasteiger partial charge in [0.15, 0.2) is 6.20 Å². The van der Waals surface area contributed by atoms with Crippen molar-refractivity contribution in [2.45, 2.75) is 33.8 Å². The molecule has 0 saturated heterocycles. The minimum atomic E-state index is -0.513. The van der Waals surface area contributed by atoms with Gasteiger partial charge in [-0.2, -0.15) is 0 Å². The van der Waals surface area contributed by atoms with E-state index in [1.54, 1.807) is 20.0 Å². The summed E-state index contributed by atoms with van der Waals surface area (Å²) in [6.07, 6.45) is 1.15. The number of nitrogens with one attached hydrogen (secondary N) is 2. The normalized spacial score (nSPS) is 12.2. The summed E-state index contributed by atoms with van der Waals surface area (Å²) in [5.41, 5.74) is 4.41. The van der Waals surface area contributed by atoms with Crippen LogP contribution in [0.2, 0.25) is 0 Å². The smallest absolute Gasteiger partial charge is 0.346 e. The van der Waals surface area contributed by atoms with Crippen LogP contribution < -0.4 is 10.3 Å². The molecule has 0 radical (unpaired) electrons. The largest absolute Gasteiger partial charge is 0.462 e. The number of aryl methyl sites for hydroxylation is 2. The van der Waals surface area contributed by atoms with Crippen LogP contribution >= 0.6 is 0 Å². The van der Waals surface area contributed by atoms with Gasteiger partial charge in [-0.25, -0.2) is 9.78 Å². The van der Waals surface area contributed by atoms with Gasteiger partial charge in [-0.3, -0.25) is 0 Å². The van der Waals surface area contributed by atoms with Crippen LogP contribution in [-0.4, -0.2) is 30.3 Å². The lowest BCUT2D eigenvalue weighted by Gasteiger charge is -2.14. The van der Waals surface area contributed by atoms with Crippen LogP contribution in [0.15, 0.2) is 18.3 Å². The molecule has 2 rings (SSSR count). The van der Waals surface area contributed by atoms with Gasteiger partial charge in [0.1, 0.15) is 5.56 Å². The second-order valence-corrected chi connectivity index (χ2v) is 5.46. The van der Waals surface area contributed by atoms with Crippen LogP contribution in [0.3, 0.4) is 0 Å². The summed E-state index contributed by atoms with van der Waals surface area (Å²) < 4.78 is 5.12. The maximum absolute atomic E-state index is 12.2. The molecule has 1 heterocycles. The van der Waals surface area contributed by atoms with E-state index in [0.717, 1.165) is 16.5 Å². The van der Waals surface area contributed by atoms with Gasteiger partial charge in [0.25, 0.3) is 0 Å². The number of ether oxygens (including phenoxy) is 1. The van der Waals surface area contributed by atoms with Gasteiger partial charge in [0, 0.05) is 12.1 Å². The number of carbonyl (C=O) groups is 1. The molecular weight excluding hydrogens is 280 g/mol. The standard InChI is InChI=1S/C17H22N2O3/c1-5-22-17(21)14-9-19-15-12(4)10(2)6-7-13(15)16(14)18-8-11(3)20/h6-7,9,11,20H,5,8H2,1-4H3,(H,18,19)/p+1/t11-/m1/s1. The van der Waals surface area contributed by atoms with E-state index in [9.17, 15) is 9.90 Å². The van der Waals surface area contributed by atoms with E-state index in [1.165, 1.54) is 5.56 Å². The summed E-state index contributed by atoms with van der Waals surface area (Å²) in [6, 6.07) is 4.00. The summed E-state index contributed by atoms with van der Waals surface area (Å²) in [7, 11) is 0. The van der Waals surface area contributed by atoms with Gasteiger partial charge >= 0.3 is 5.97 Å². The number of esters is 1. The van der Waals surface area contributed by atoms with Gasteiger partial charge in [-0.1, -0.05) is 6.07 Å². The molecule has 0 aliphatic carbocycles. The van der Waals surface area contributed by atoms with E-state index in [-0.39, 0.29) is 5.97 Å². The highest BCUT2D eigenvalue weighted by atomic mass is 16.5. The van der Waals surface area contributed by atoms with Gasteiger partial charge in [-0.05, 0) is 39.3 Å². The molecule has 1 aromatic heterocycles. The second-order valence-electron chi connectivity index (χ2n) is 5.46. The first kappa shape index (κ1) is 16.2. The number of hydrogen-bond donors (Lipinski definition) is 2. The molecule has 0 bridgehead atoms. The molecule has 0 saturated carbocycles. The minimum absolute atomic E-state index is 0.319. The Morgan fingerprint density at radius 3 is 2.77 bits per heavy atom. The van der Waals surface area contributed by atoms with E-state index < -0.39 is 6.10 Å². The van der Waals surface area contributed by atoms with Crippen LogP contribution in [0.25, 0.3) is 10.9 Å². The molecule has 22 heavy (non-hydrogen) atoms. The molecule has 5 nitrogen and oxygen atoms in total. The van der Waals surface area contributed by atoms with Gasteiger partial charge in [0.2, 0.25) is 5.52 Å². The fourth-order valence-electron chi connectivity index (χ4n) is 2.38. The predicted molar refractivity (Wildman–Crippen MR) is 86.1 cm³/mol. The number of benzene rings is 1. The van der Waals surface area contributed by atoms with E-state index in [1.807, 2.05) is 26.0 Å². The maximum atomic E-state index is 12.2. The molecule has 2 aromatic rings. The lowest BCUT2D eigenvalue weighted by atomic mass is 10.0. The number of anilines is 1. The second kappa shape index (κ2) is 6.75. The zero-order valence-electron chi connectivity index (χ0n) is 13.5. The average Bonchev–Trinajstić information content (AvgIpc) is 2.48. The van der Waals surface area contributed by atoms with Crippen molar-refractivity contribution in [2.75, 3.05) is 18.5 Å². The Bertz CT molecular complexity index is 696. The lowest BCUT2D eigenvalue weighted by Crippen LogP contribution is -2.21. The van der Waals surface area contributed by atoms with E-state index >= 15 is 0 Å². The quantitative estimate of drug-likeness (QED) is 0.831. The maximum Gasteiger partial charge on any atom is 0.346 e. The molecule has 0 fully saturated rings. The number of aliphatic hydroxyl groups excluding tert-OH is 1. The molecule has 118 valence electrons. The van der Waals surface area contributed by atoms with Crippen LogP contribution in [0.4, 0.5) is 5.69 Å². The lowest BCUT2D eigenvalue weighted by molar-refractivity contribution is -0.345. The van der Waals surface area contributed by atoms with Crippen molar-refractivity contribution in [3.63, 3.8) is 0 Å². The van der Waals surface area contributed by atoms with Crippen molar-refractivity contribution in [3.8, 4) is 0 Å². The zero-order chi connectivity index (χ0) is 16.3. The number of aromatic amines is 1. The molecular formula is C17H23N2O3+. The SMILES string of the molecule is CCOC(=O)c1c[nH+]c2c(C)c(C)ccc2c1NC[C@@H](C)O. The summed E-state index contributed by atoms with van der Waals surface area (Å²) in [6.45, 7) is 8.24. The first-order valence-corrected chi connectivity index (χ1v) is 7.49. The molecule has 0 amide bonds. The van der Waals surface area contributed by atoms with Crippen LogP contribution in [0, 0.1) is 13.8 Å². The number of pyridine rings is 1. The van der Waals surface area contributed by atoms with Crippen LogP contribution in [0.1, 0.15) is 35.3 Å². The molecule has 1 atom stereocenters. The number of H-pyrrole nitrogens is 1. The Balaban J connectivity index is 2.61. The Morgan fingerprint density at radius 1 is 1.41 bits per heavy atom. The molecule has 5 heteroatoms. The molecule has 0 aliphatic heterocycles. The number of aliphatic hydroxyl groups is 1. The number of carbonyl (C=O) groups excluding carboxylic acids is 1. The molecule has 0 unspecified atom stereocenters. The van der Waals surface area contributed by atoms with Crippen molar-refractivity contribution >= 4 is 22.6 Å². The Morgan fingerprint density at radius 2 is 2.14 bits per heavy atom. The van der Waals surface area contributed by atoms with Crippen molar-refractivity contribution in [3.05, 3.63) is 35.0 Å². The highest BCUT2D eigenvalue weighted by molar-refractivity contribution is 6.04.